The summed E-state index contributed by atoms with van der Waals surface area (Å²) >= 11 is 0. The van der Waals surface area contributed by atoms with Crippen molar-refractivity contribution in [2.75, 3.05) is 45.8 Å². The summed E-state index contributed by atoms with van der Waals surface area (Å²) in [5, 5.41) is 2.91. The largest absolute Gasteiger partial charge is 0.353 e. The van der Waals surface area contributed by atoms with E-state index in [0.29, 0.717) is 24.8 Å². The Labute approximate surface area is 162 Å². The van der Waals surface area contributed by atoms with Crippen molar-refractivity contribution in [3.8, 4) is 0 Å². The Bertz CT molecular complexity index is 557. The number of rotatable bonds is 6. The van der Waals surface area contributed by atoms with Gasteiger partial charge in [0.2, 0.25) is 17.7 Å². The van der Waals surface area contributed by atoms with Gasteiger partial charge in [0.25, 0.3) is 0 Å². The molecule has 3 heterocycles. The number of nitrogens with one attached hydrogen (secondary N) is 1. The second-order valence-electron chi connectivity index (χ2n) is 8.67. The monoisotopic (exact) mass is 378 g/mol. The highest BCUT2D eigenvalue weighted by atomic mass is 16.2. The molecule has 3 saturated heterocycles. The maximum atomic E-state index is 12.8. The van der Waals surface area contributed by atoms with E-state index in [-0.39, 0.29) is 30.2 Å². The molecule has 0 spiro atoms. The van der Waals surface area contributed by atoms with Gasteiger partial charge >= 0.3 is 0 Å². The van der Waals surface area contributed by atoms with Crippen molar-refractivity contribution in [3.05, 3.63) is 0 Å². The normalized spacial score (nSPS) is 25.4. The number of hydrogen-bond donors (Lipinski definition) is 1. The van der Waals surface area contributed by atoms with E-state index in [0.717, 1.165) is 58.5 Å². The summed E-state index contributed by atoms with van der Waals surface area (Å²) in [4.78, 5) is 43.0. The average Bonchev–Trinajstić information content (AvgIpc) is 3.03. The summed E-state index contributed by atoms with van der Waals surface area (Å²) in [5.74, 6) is 1.31. The van der Waals surface area contributed by atoms with Crippen LogP contribution in [0.25, 0.3) is 0 Å². The molecule has 3 rings (SSSR count). The van der Waals surface area contributed by atoms with Gasteiger partial charge in [0.1, 0.15) is 0 Å². The molecule has 0 aliphatic carbocycles. The van der Waals surface area contributed by atoms with Crippen LogP contribution >= 0.6 is 0 Å². The number of amides is 3. The topological polar surface area (TPSA) is 73.0 Å². The molecule has 7 heteroatoms. The third kappa shape index (κ3) is 5.21. The van der Waals surface area contributed by atoms with Crippen molar-refractivity contribution >= 4 is 17.7 Å². The highest BCUT2D eigenvalue weighted by Crippen LogP contribution is 2.22. The van der Waals surface area contributed by atoms with E-state index < -0.39 is 0 Å². The summed E-state index contributed by atoms with van der Waals surface area (Å²) in [6.45, 7) is 9.81. The fourth-order valence-corrected chi connectivity index (χ4v) is 4.54. The van der Waals surface area contributed by atoms with Crippen LogP contribution in [0.5, 0.6) is 0 Å². The molecule has 7 nitrogen and oxygen atoms in total. The first-order chi connectivity index (χ1) is 12.9. The van der Waals surface area contributed by atoms with Gasteiger partial charge in [-0.2, -0.15) is 0 Å². The standard InChI is InChI=1S/C20H34N4O3/c1-15(2)13-23-11-7-21-20(27)17(23)12-19(26)22-9-5-16(6-10-22)14-24-8-3-4-18(24)25/h15-17H,3-14H2,1-2H3,(H,21,27). The summed E-state index contributed by atoms with van der Waals surface area (Å²) in [6, 6.07) is -0.339. The molecule has 1 unspecified atom stereocenters. The lowest BCUT2D eigenvalue weighted by molar-refractivity contribution is -0.140. The molecule has 0 aromatic rings. The highest BCUT2D eigenvalue weighted by molar-refractivity contribution is 5.88. The first-order valence-corrected chi connectivity index (χ1v) is 10.5. The Morgan fingerprint density at radius 2 is 1.89 bits per heavy atom. The van der Waals surface area contributed by atoms with E-state index in [1.165, 1.54) is 0 Å². The number of hydrogen-bond acceptors (Lipinski definition) is 4. The molecule has 152 valence electrons. The minimum Gasteiger partial charge on any atom is -0.353 e. The van der Waals surface area contributed by atoms with E-state index in [1.54, 1.807) is 0 Å². The molecule has 3 aliphatic heterocycles. The number of nitrogens with zero attached hydrogens (tertiary/aromatic N) is 3. The third-order valence-electron chi connectivity index (χ3n) is 6.03. The molecule has 3 aliphatic rings. The number of piperidine rings is 1. The fourth-order valence-electron chi connectivity index (χ4n) is 4.54. The summed E-state index contributed by atoms with van der Waals surface area (Å²) in [5.41, 5.74) is 0. The minimum atomic E-state index is -0.339. The van der Waals surface area contributed by atoms with Gasteiger partial charge in [-0.25, -0.2) is 0 Å². The quantitative estimate of drug-likeness (QED) is 0.738. The molecule has 0 aromatic heterocycles. The molecular formula is C20H34N4O3. The van der Waals surface area contributed by atoms with Gasteiger partial charge < -0.3 is 15.1 Å². The van der Waals surface area contributed by atoms with Gasteiger partial charge in [0, 0.05) is 52.2 Å². The van der Waals surface area contributed by atoms with Gasteiger partial charge in [-0.3, -0.25) is 19.3 Å². The van der Waals surface area contributed by atoms with Crippen LogP contribution in [-0.2, 0) is 14.4 Å². The second-order valence-corrected chi connectivity index (χ2v) is 8.67. The van der Waals surface area contributed by atoms with Crippen LogP contribution in [0.3, 0.4) is 0 Å². The molecule has 0 bridgehead atoms. The van der Waals surface area contributed by atoms with E-state index >= 15 is 0 Å². The summed E-state index contributed by atoms with van der Waals surface area (Å²) in [7, 11) is 0. The predicted molar refractivity (Wildman–Crippen MR) is 103 cm³/mol. The van der Waals surface area contributed by atoms with Crippen molar-refractivity contribution in [2.24, 2.45) is 11.8 Å². The van der Waals surface area contributed by atoms with Gasteiger partial charge in [-0.15, -0.1) is 0 Å². The van der Waals surface area contributed by atoms with Gasteiger partial charge in [-0.05, 0) is 31.1 Å². The molecule has 0 radical (unpaired) electrons. The van der Waals surface area contributed by atoms with E-state index in [4.69, 9.17) is 0 Å². The zero-order valence-corrected chi connectivity index (χ0v) is 16.8. The SMILES string of the molecule is CC(C)CN1CCNC(=O)C1CC(=O)N1CCC(CN2CCCC2=O)CC1. The lowest BCUT2D eigenvalue weighted by Crippen LogP contribution is -2.57. The fraction of sp³-hybridized carbons (Fsp3) is 0.850. The highest BCUT2D eigenvalue weighted by Gasteiger charge is 2.34. The maximum Gasteiger partial charge on any atom is 0.237 e. The Balaban J connectivity index is 1.48. The zero-order valence-electron chi connectivity index (χ0n) is 16.8. The van der Waals surface area contributed by atoms with Crippen LogP contribution in [0.2, 0.25) is 0 Å². The molecule has 3 amide bonds. The van der Waals surface area contributed by atoms with E-state index in [1.807, 2.05) is 9.80 Å². The van der Waals surface area contributed by atoms with Crippen LogP contribution < -0.4 is 5.32 Å². The third-order valence-corrected chi connectivity index (χ3v) is 6.03. The first-order valence-electron chi connectivity index (χ1n) is 10.5. The van der Waals surface area contributed by atoms with Crippen LogP contribution in [0.1, 0.15) is 46.0 Å². The van der Waals surface area contributed by atoms with Crippen molar-refractivity contribution in [2.45, 2.75) is 52.0 Å². The molecule has 0 saturated carbocycles. The van der Waals surface area contributed by atoms with Crippen molar-refractivity contribution in [1.29, 1.82) is 0 Å². The summed E-state index contributed by atoms with van der Waals surface area (Å²) < 4.78 is 0. The molecular weight excluding hydrogens is 344 g/mol. The predicted octanol–water partition coefficient (Wildman–Crippen LogP) is 0.694. The number of piperazine rings is 1. The Kier molecular flexibility index (Phi) is 6.73. The number of likely N-dealkylation sites (tertiary alicyclic amines) is 2. The zero-order chi connectivity index (χ0) is 19.4. The van der Waals surface area contributed by atoms with Crippen molar-refractivity contribution in [3.63, 3.8) is 0 Å². The van der Waals surface area contributed by atoms with E-state index in [9.17, 15) is 14.4 Å². The second kappa shape index (κ2) is 9.04. The van der Waals surface area contributed by atoms with Crippen molar-refractivity contribution < 1.29 is 14.4 Å². The van der Waals surface area contributed by atoms with Gasteiger partial charge in [0.05, 0.1) is 12.5 Å². The lowest BCUT2D eigenvalue weighted by Gasteiger charge is -2.38. The Morgan fingerprint density at radius 1 is 1.15 bits per heavy atom. The smallest absolute Gasteiger partial charge is 0.237 e. The van der Waals surface area contributed by atoms with Gasteiger partial charge in [0.15, 0.2) is 0 Å². The van der Waals surface area contributed by atoms with Crippen LogP contribution in [0.4, 0.5) is 0 Å². The Hall–Kier alpha value is -1.63. The molecule has 27 heavy (non-hydrogen) atoms. The maximum absolute atomic E-state index is 12.8. The summed E-state index contributed by atoms with van der Waals surface area (Å²) in [6.07, 6.45) is 3.83. The minimum absolute atomic E-state index is 0.0160. The van der Waals surface area contributed by atoms with Gasteiger partial charge in [-0.1, -0.05) is 13.8 Å². The van der Waals surface area contributed by atoms with Crippen molar-refractivity contribution in [1.82, 2.24) is 20.0 Å². The molecule has 0 aromatic carbocycles. The van der Waals surface area contributed by atoms with Crippen LogP contribution in [-0.4, -0.2) is 84.3 Å². The average molecular weight is 379 g/mol. The van der Waals surface area contributed by atoms with E-state index in [2.05, 4.69) is 24.1 Å². The first kappa shape index (κ1) is 20.1. The van der Waals surface area contributed by atoms with Crippen LogP contribution in [0, 0.1) is 11.8 Å². The Morgan fingerprint density at radius 3 is 2.52 bits per heavy atom. The lowest BCUT2D eigenvalue weighted by atomic mass is 9.95. The molecule has 1 N–H and O–H groups in total. The molecule has 3 fully saturated rings. The number of carbonyl (C=O) groups excluding carboxylic acids is 3. The number of carbonyl (C=O) groups is 3. The molecule has 1 atom stereocenters. The van der Waals surface area contributed by atoms with Crippen LogP contribution in [0.15, 0.2) is 0 Å².